The number of nitrogens with two attached hydrogens (primary N) is 1. The van der Waals surface area contributed by atoms with E-state index in [2.05, 4.69) is 9.97 Å². The summed E-state index contributed by atoms with van der Waals surface area (Å²) in [7, 11) is 0. The van der Waals surface area contributed by atoms with Crippen LogP contribution in [-0.2, 0) is 0 Å². The number of aromatic nitrogens is 2. The van der Waals surface area contributed by atoms with Gasteiger partial charge in [-0.25, -0.2) is 4.98 Å². The average Bonchev–Trinajstić information content (AvgIpc) is 2.50. The molecule has 0 aliphatic rings. The highest BCUT2D eigenvalue weighted by Gasteiger charge is 2.19. The summed E-state index contributed by atoms with van der Waals surface area (Å²) in [6.07, 6.45) is 2.10. The molecule has 106 valence electrons. The van der Waals surface area contributed by atoms with Crippen molar-refractivity contribution in [3.05, 3.63) is 63.9 Å². The molecule has 0 saturated heterocycles. The summed E-state index contributed by atoms with van der Waals surface area (Å²) < 4.78 is 0. The van der Waals surface area contributed by atoms with Crippen LogP contribution < -0.4 is 5.73 Å². The molecule has 0 spiro atoms. The number of rotatable bonds is 2. The van der Waals surface area contributed by atoms with Crippen molar-refractivity contribution in [2.45, 2.75) is 6.10 Å². The summed E-state index contributed by atoms with van der Waals surface area (Å²) in [5.41, 5.74) is 7.49. The molecule has 1 atom stereocenters. The molecule has 21 heavy (non-hydrogen) atoms. The molecule has 0 radical (unpaired) electrons. The largest absolute Gasteiger partial charge is 0.383 e. The van der Waals surface area contributed by atoms with Gasteiger partial charge in [0.25, 0.3) is 0 Å². The molecule has 2 aromatic heterocycles. The summed E-state index contributed by atoms with van der Waals surface area (Å²) in [6.45, 7) is 0. The highest BCUT2D eigenvalue weighted by molar-refractivity contribution is 6.35. The first-order chi connectivity index (χ1) is 10.1. The average molecular weight is 320 g/mol. The van der Waals surface area contributed by atoms with Crippen molar-refractivity contribution in [3.63, 3.8) is 0 Å². The Kier molecular flexibility index (Phi) is 3.68. The van der Waals surface area contributed by atoms with Crippen molar-refractivity contribution >= 4 is 39.9 Å². The first kappa shape index (κ1) is 14.1. The molecule has 0 fully saturated rings. The van der Waals surface area contributed by atoms with Gasteiger partial charge < -0.3 is 10.8 Å². The van der Waals surface area contributed by atoms with E-state index in [0.717, 1.165) is 5.39 Å². The number of nitrogens with zero attached hydrogens (tertiary/aromatic N) is 2. The molecule has 0 bridgehead atoms. The van der Waals surface area contributed by atoms with Gasteiger partial charge in [-0.3, -0.25) is 4.98 Å². The lowest BCUT2D eigenvalue weighted by atomic mass is 9.99. The van der Waals surface area contributed by atoms with Gasteiger partial charge in [-0.15, -0.1) is 0 Å². The molecule has 1 unspecified atom stereocenters. The van der Waals surface area contributed by atoms with Gasteiger partial charge in [-0.2, -0.15) is 0 Å². The number of aliphatic hydroxyl groups is 1. The Morgan fingerprint density at radius 2 is 1.90 bits per heavy atom. The monoisotopic (exact) mass is 319 g/mol. The number of hydrogen-bond acceptors (Lipinski definition) is 4. The number of aliphatic hydroxyl groups excluding tert-OH is 1. The van der Waals surface area contributed by atoms with Crippen LogP contribution in [0.1, 0.15) is 17.2 Å². The van der Waals surface area contributed by atoms with Crippen LogP contribution in [0.15, 0.2) is 42.7 Å². The second-order valence-electron chi connectivity index (χ2n) is 4.57. The molecular weight excluding hydrogens is 309 g/mol. The van der Waals surface area contributed by atoms with E-state index >= 15 is 0 Å². The molecule has 4 nitrogen and oxygen atoms in total. The van der Waals surface area contributed by atoms with E-state index < -0.39 is 6.10 Å². The summed E-state index contributed by atoms with van der Waals surface area (Å²) >= 11 is 12.1. The summed E-state index contributed by atoms with van der Waals surface area (Å²) in [5, 5.41) is 12.4. The van der Waals surface area contributed by atoms with E-state index in [-0.39, 0.29) is 5.82 Å². The Balaban J connectivity index is 2.20. The molecule has 3 N–H and O–H groups in total. The Morgan fingerprint density at radius 3 is 2.71 bits per heavy atom. The lowest BCUT2D eigenvalue weighted by Gasteiger charge is -2.15. The minimum atomic E-state index is -0.981. The van der Waals surface area contributed by atoms with Gasteiger partial charge in [-0.05, 0) is 24.3 Å². The molecule has 0 saturated carbocycles. The van der Waals surface area contributed by atoms with Crippen LogP contribution in [0.25, 0.3) is 10.9 Å². The van der Waals surface area contributed by atoms with Gasteiger partial charge >= 0.3 is 0 Å². The molecule has 3 rings (SSSR count). The molecule has 1 aromatic carbocycles. The number of hydrogen-bond donors (Lipinski definition) is 2. The van der Waals surface area contributed by atoms with Crippen LogP contribution in [0.2, 0.25) is 10.0 Å². The fourth-order valence-corrected chi connectivity index (χ4v) is 2.61. The van der Waals surface area contributed by atoms with Crippen LogP contribution in [-0.4, -0.2) is 15.1 Å². The molecular formula is C15H11Cl2N3O. The van der Waals surface area contributed by atoms with E-state index in [4.69, 9.17) is 28.9 Å². The number of benzene rings is 1. The van der Waals surface area contributed by atoms with Crippen molar-refractivity contribution in [2.24, 2.45) is 0 Å². The van der Waals surface area contributed by atoms with Crippen LogP contribution in [0, 0.1) is 0 Å². The van der Waals surface area contributed by atoms with Crippen LogP contribution in [0.3, 0.4) is 0 Å². The normalized spacial score (nSPS) is 12.5. The highest BCUT2D eigenvalue weighted by Crippen LogP contribution is 2.33. The highest BCUT2D eigenvalue weighted by atomic mass is 35.5. The zero-order valence-corrected chi connectivity index (χ0v) is 12.3. The molecule has 2 heterocycles. The second-order valence-corrected chi connectivity index (χ2v) is 5.41. The number of fused-ring (bicyclic) bond motifs is 1. The van der Waals surface area contributed by atoms with Gasteiger partial charge in [0.2, 0.25) is 0 Å². The van der Waals surface area contributed by atoms with Crippen molar-refractivity contribution < 1.29 is 5.11 Å². The van der Waals surface area contributed by atoms with Gasteiger partial charge in [0.1, 0.15) is 11.9 Å². The molecule has 0 aliphatic heterocycles. The standard InChI is InChI=1S/C15H11Cl2N3O/c16-8-6-11(15(18)20-7-8)14(21)10-3-4-12(17)9-2-1-5-19-13(9)10/h1-7,14,21H,(H2,18,20). The van der Waals surface area contributed by atoms with E-state index in [1.807, 2.05) is 6.07 Å². The molecule has 0 amide bonds. The Hall–Kier alpha value is -1.88. The van der Waals surface area contributed by atoms with Gasteiger partial charge in [-0.1, -0.05) is 29.3 Å². The zero-order valence-electron chi connectivity index (χ0n) is 10.8. The number of nitrogen functional groups attached to an aromatic ring is 1. The van der Waals surface area contributed by atoms with Crippen LogP contribution in [0.5, 0.6) is 0 Å². The van der Waals surface area contributed by atoms with Crippen LogP contribution in [0.4, 0.5) is 5.82 Å². The maximum Gasteiger partial charge on any atom is 0.129 e. The topological polar surface area (TPSA) is 72.0 Å². The predicted molar refractivity (Wildman–Crippen MR) is 84.5 cm³/mol. The second kappa shape index (κ2) is 5.48. The first-order valence-corrected chi connectivity index (χ1v) is 6.95. The van der Waals surface area contributed by atoms with Gasteiger partial charge in [0, 0.05) is 33.9 Å². The summed E-state index contributed by atoms with van der Waals surface area (Å²) in [5.74, 6) is 0.228. The summed E-state index contributed by atoms with van der Waals surface area (Å²) in [4.78, 5) is 8.26. The fraction of sp³-hybridized carbons (Fsp3) is 0.0667. The number of anilines is 1. The van der Waals surface area contributed by atoms with Gasteiger partial charge in [0.15, 0.2) is 0 Å². The Morgan fingerprint density at radius 1 is 1.10 bits per heavy atom. The third-order valence-electron chi connectivity index (χ3n) is 3.25. The smallest absolute Gasteiger partial charge is 0.129 e. The van der Waals surface area contributed by atoms with Crippen LogP contribution >= 0.6 is 23.2 Å². The van der Waals surface area contributed by atoms with Crippen molar-refractivity contribution in [1.29, 1.82) is 0 Å². The lowest BCUT2D eigenvalue weighted by Crippen LogP contribution is -2.06. The maximum atomic E-state index is 10.6. The zero-order chi connectivity index (χ0) is 15.0. The lowest BCUT2D eigenvalue weighted by molar-refractivity contribution is 0.222. The number of halogens is 2. The van der Waals surface area contributed by atoms with Crippen molar-refractivity contribution in [2.75, 3.05) is 5.73 Å². The van der Waals surface area contributed by atoms with E-state index in [1.165, 1.54) is 6.20 Å². The Bertz CT molecular complexity index is 823. The minimum Gasteiger partial charge on any atom is -0.383 e. The predicted octanol–water partition coefficient (Wildman–Crippen LogP) is 3.60. The molecule has 3 aromatic rings. The van der Waals surface area contributed by atoms with E-state index in [9.17, 15) is 5.11 Å². The van der Waals surface area contributed by atoms with E-state index in [1.54, 1.807) is 30.5 Å². The quantitative estimate of drug-likeness (QED) is 0.757. The Labute approximate surface area is 131 Å². The van der Waals surface area contributed by atoms with Gasteiger partial charge in [0.05, 0.1) is 10.5 Å². The number of pyridine rings is 2. The third kappa shape index (κ3) is 2.53. The first-order valence-electron chi connectivity index (χ1n) is 6.20. The molecule has 0 aliphatic carbocycles. The SMILES string of the molecule is Nc1ncc(Cl)cc1C(O)c1ccc(Cl)c2cccnc12. The van der Waals surface area contributed by atoms with Crippen molar-refractivity contribution in [3.8, 4) is 0 Å². The molecule has 6 heteroatoms. The maximum absolute atomic E-state index is 10.6. The van der Waals surface area contributed by atoms with E-state index in [0.29, 0.717) is 26.7 Å². The minimum absolute atomic E-state index is 0.228. The fourth-order valence-electron chi connectivity index (χ4n) is 2.23. The third-order valence-corrected chi connectivity index (χ3v) is 3.79. The van der Waals surface area contributed by atoms with Crippen molar-refractivity contribution in [1.82, 2.24) is 9.97 Å². The summed E-state index contributed by atoms with van der Waals surface area (Å²) in [6, 6.07) is 8.68.